The molecule has 0 aromatic rings. The summed E-state index contributed by atoms with van der Waals surface area (Å²) in [5, 5.41) is 14.5. The van der Waals surface area contributed by atoms with Gasteiger partial charge in [0, 0.05) is 1.43 Å². The zero-order valence-corrected chi connectivity index (χ0v) is 4.02. The molecular formula is C2H3BrN2. The minimum absolute atomic E-state index is 0. The lowest BCUT2D eigenvalue weighted by Crippen LogP contribution is -1.26. The van der Waals surface area contributed by atoms with Crippen molar-refractivity contribution < 1.29 is 1.43 Å². The molecule has 0 heterocycles. The average molecular weight is 135 g/mol. The molecule has 0 radical (unpaired) electrons. The smallest absolute Gasteiger partial charge is 0.181 e. The predicted octanol–water partition coefficient (Wildman–Crippen LogP) is 0.857. The van der Waals surface area contributed by atoms with E-state index < -0.39 is 0 Å². The monoisotopic (exact) mass is 134 g/mol. The second-order valence-electron chi connectivity index (χ2n) is 0.224. The van der Waals surface area contributed by atoms with Crippen LogP contribution < -0.4 is 0 Å². The fraction of sp³-hybridized carbons (Fsp3) is 0. The molecule has 0 aliphatic heterocycles. The van der Waals surface area contributed by atoms with Gasteiger partial charge >= 0.3 is 0 Å². The standard InChI is InChI=1S/C2N2.BrH.H2/c3-1-2-4;;/h;2*1H. The van der Waals surface area contributed by atoms with Gasteiger partial charge in [-0.3, -0.25) is 0 Å². The first-order chi connectivity index (χ1) is 1.91. The van der Waals surface area contributed by atoms with Gasteiger partial charge in [0.25, 0.3) is 0 Å². The maximum atomic E-state index is 7.26. The lowest BCUT2D eigenvalue weighted by molar-refractivity contribution is 1.49. The van der Waals surface area contributed by atoms with Gasteiger partial charge in [-0.15, -0.1) is 17.0 Å². The maximum Gasteiger partial charge on any atom is 0.181 e. The number of hydrogen-bond donors (Lipinski definition) is 0. The van der Waals surface area contributed by atoms with Crippen LogP contribution in [0, 0.1) is 22.7 Å². The molecule has 0 spiro atoms. The molecule has 0 aliphatic rings. The molecule has 0 amide bonds. The predicted molar refractivity (Wildman–Crippen MR) is 23.7 cm³/mol. The highest BCUT2D eigenvalue weighted by atomic mass is 79.9. The van der Waals surface area contributed by atoms with Crippen molar-refractivity contribution in [3.05, 3.63) is 0 Å². The topological polar surface area (TPSA) is 47.6 Å². The Morgan fingerprint density at radius 1 is 1.20 bits per heavy atom. The van der Waals surface area contributed by atoms with E-state index >= 15 is 0 Å². The van der Waals surface area contributed by atoms with Crippen LogP contribution in [-0.2, 0) is 0 Å². The summed E-state index contributed by atoms with van der Waals surface area (Å²) in [5.41, 5.74) is 0. The second kappa shape index (κ2) is 9.82. The van der Waals surface area contributed by atoms with Crippen molar-refractivity contribution in [3.8, 4) is 12.1 Å². The van der Waals surface area contributed by atoms with Crippen LogP contribution in [0.5, 0.6) is 0 Å². The summed E-state index contributed by atoms with van der Waals surface area (Å²) in [6.07, 6.45) is 0. The van der Waals surface area contributed by atoms with Gasteiger partial charge in [-0.1, -0.05) is 0 Å². The van der Waals surface area contributed by atoms with E-state index in [9.17, 15) is 0 Å². The van der Waals surface area contributed by atoms with Crippen molar-refractivity contribution in [2.24, 2.45) is 0 Å². The van der Waals surface area contributed by atoms with Crippen LogP contribution in [0.3, 0.4) is 0 Å². The van der Waals surface area contributed by atoms with Crippen LogP contribution in [0.4, 0.5) is 0 Å². The third kappa shape index (κ3) is 34.9. The molecule has 0 saturated heterocycles. The molecule has 28 valence electrons. The van der Waals surface area contributed by atoms with E-state index in [0.29, 0.717) is 0 Å². The Labute approximate surface area is 41.9 Å². The summed E-state index contributed by atoms with van der Waals surface area (Å²) < 4.78 is 0. The van der Waals surface area contributed by atoms with Crippen molar-refractivity contribution in [2.45, 2.75) is 0 Å². The van der Waals surface area contributed by atoms with Gasteiger partial charge in [0.15, 0.2) is 12.1 Å². The zero-order valence-electron chi connectivity index (χ0n) is 2.30. The van der Waals surface area contributed by atoms with E-state index in [0.717, 1.165) is 0 Å². The highest BCUT2D eigenvalue weighted by Gasteiger charge is 1.39. The molecule has 0 aromatic carbocycles. The Hall–Kier alpha value is -0.540. The van der Waals surface area contributed by atoms with Crippen molar-refractivity contribution >= 4 is 17.0 Å². The molecule has 3 heteroatoms. The number of halogens is 1. The average Bonchev–Trinajstić information content (AvgIpc) is 1.37. The van der Waals surface area contributed by atoms with Gasteiger partial charge < -0.3 is 0 Å². The third-order valence-electron chi connectivity index (χ3n) is 0.0500. The van der Waals surface area contributed by atoms with Crippen LogP contribution in [0.1, 0.15) is 1.43 Å². The zero-order chi connectivity index (χ0) is 3.41. The summed E-state index contributed by atoms with van der Waals surface area (Å²) in [4.78, 5) is 0. The van der Waals surface area contributed by atoms with Crippen LogP contribution in [0.15, 0.2) is 0 Å². The van der Waals surface area contributed by atoms with E-state index in [4.69, 9.17) is 10.5 Å². The Morgan fingerprint density at radius 2 is 1.40 bits per heavy atom. The van der Waals surface area contributed by atoms with Crippen molar-refractivity contribution in [2.75, 3.05) is 0 Å². The van der Waals surface area contributed by atoms with Crippen molar-refractivity contribution in [3.63, 3.8) is 0 Å². The lowest BCUT2D eigenvalue weighted by atomic mass is 10.9. The number of nitriles is 2. The van der Waals surface area contributed by atoms with Crippen LogP contribution in [0.25, 0.3) is 0 Å². The number of hydrogen-bond acceptors (Lipinski definition) is 2. The Balaban J connectivity index is -0.0000000450. The molecule has 0 bridgehead atoms. The first-order valence-electron chi connectivity index (χ1n) is 0.697. The summed E-state index contributed by atoms with van der Waals surface area (Å²) in [6, 6.07) is 2.47. The highest BCUT2D eigenvalue weighted by Crippen LogP contribution is 1.27. The minimum Gasteiger partial charge on any atom is -0.181 e. The molecule has 0 fully saturated rings. The summed E-state index contributed by atoms with van der Waals surface area (Å²) in [7, 11) is 0. The summed E-state index contributed by atoms with van der Waals surface area (Å²) in [6.45, 7) is 0. The SMILES string of the molecule is Br.N#CC#N.[HH]. The molecule has 0 rings (SSSR count). The van der Waals surface area contributed by atoms with E-state index in [1.807, 2.05) is 0 Å². The van der Waals surface area contributed by atoms with Gasteiger partial charge in [-0.2, -0.15) is 10.5 Å². The first kappa shape index (κ1) is 8.82. The van der Waals surface area contributed by atoms with Crippen LogP contribution >= 0.6 is 17.0 Å². The van der Waals surface area contributed by atoms with Gasteiger partial charge in [-0.05, 0) is 0 Å². The number of rotatable bonds is 0. The first-order valence-corrected chi connectivity index (χ1v) is 0.697. The molecular weight excluding hydrogens is 132 g/mol. The molecule has 5 heavy (non-hydrogen) atoms. The number of nitrogens with zero attached hydrogens (tertiary/aromatic N) is 2. The Bertz CT molecular complexity index is 66.5. The maximum absolute atomic E-state index is 7.26. The van der Waals surface area contributed by atoms with Crippen LogP contribution in [0.2, 0.25) is 0 Å². The second-order valence-corrected chi connectivity index (χ2v) is 0.224. The lowest BCUT2D eigenvalue weighted by Gasteiger charge is -1.16. The molecule has 0 N–H and O–H groups in total. The molecule has 0 saturated carbocycles. The van der Waals surface area contributed by atoms with E-state index in [2.05, 4.69) is 0 Å². The van der Waals surface area contributed by atoms with Gasteiger partial charge in [0.1, 0.15) is 0 Å². The van der Waals surface area contributed by atoms with E-state index in [-0.39, 0.29) is 18.4 Å². The fourth-order valence-corrected chi connectivity index (χ4v) is 0. The molecule has 2 nitrogen and oxygen atoms in total. The van der Waals surface area contributed by atoms with Gasteiger partial charge in [-0.25, -0.2) is 0 Å². The normalized spacial score (nSPS) is 2.00. The quantitative estimate of drug-likeness (QED) is 0.494. The van der Waals surface area contributed by atoms with E-state index in [1.54, 1.807) is 0 Å². The third-order valence-corrected chi connectivity index (χ3v) is 0.0500. The van der Waals surface area contributed by atoms with E-state index in [1.165, 1.54) is 12.1 Å². The summed E-state index contributed by atoms with van der Waals surface area (Å²) in [5.74, 6) is 0. The van der Waals surface area contributed by atoms with Gasteiger partial charge in [0.2, 0.25) is 0 Å². The molecule has 0 aromatic heterocycles. The fourth-order valence-electron chi connectivity index (χ4n) is 0. The highest BCUT2D eigenvalue weighted by molar-refractivity contribution is 8.93. The Kier molecular flexibility index (Phi) is 17.3. The van der Waals surface area contributed by atoms with Crippen molar-refractivity contribution in [1.29, 1.82) is 10.5 Å². The Morgan fingerprint density at radius 3 is 1.40 bits per heavy atom. The summed E-state index contributed by atoms with van der Waals surface area (Å²) >= 11 is 0. The van der Waals surface area contributed by atoms with Crippen molar-refractivity contribution in [1.82, 2.24) is 0 Å². The molecule has 0 unspecified atom stereocenters. The largest absolute Gasteiger partial charge is 0.181 e. The van der Waals surface area contributed by atoms with Crippen LogP contribution in [-0.4, -0.2) is 0 Å². The minimum atomic E-state index is 0. The van der Waals surface area contributed by atoms with Gasteiger partial charge in [0.05, 0.1) is 0 Å². The molecule has 0 atom stereocenters. The molecule has 0 aliphatic carbocycles.